The molecule has 0 aromatic carbocycles. The van der Waals surface area contributed by atoms with Crippen LogP contribution >= 0.6 is 11.3 Å². The molecule has 1 aliphatic heterocycles. The second kappa shape index (κ2) is 5.06. The molecule has 0 aliphatic carbocycles. The van der Waals surface area contributed by atoms with Crippen LogP contribution < -0.4 is 10.6 Å². The van der Waals surface area contributed by atoms with Crippen LogP contribution in [0.25, 0.3) is 10.2 Å². The molecule has 1 aliphatic rings. The van der Waals surface area contributed by atoms with Gasteiger partial charge in [0.1, 0.15) is 11.6 Å². The number of fused-ring (bicyclic) bond motifs is 1. The normalized spacial score (nSPS) is 17.3. The topological polar surface area (TPSA) is 55.0 Å². The highest BCUT2D eigenvalue weighted by atomic mass is 32.1. The zero-order valence-electron chi connectivity index (χ0n) is 11.5. The van der Waals surface area contributed by atoms with Crippen molar-refractivity contribution in [2.75, 3.05) is 18.0 Å². The summed E-state index contributed by atoms with van der Waals surface area (Å²) in [6.07, 6.45) is 2.99. The van der Waals surface area contributed by atoms with Gasteiger partial charge >= 0.3 is 0 Å². The summed E-state index contributed by atoms with van der Waals surface area (Å²) in [6.45, 7) is 6.25. The van der Waals surface area contributed by atoms with Crippen LogP contribution in [0.3, 0.4) is 0 Å². The lowest BCUT2D eigenvalue weighted by Crippen LogP contribution is -2.40. The average molecular weight is 276 g/mol. The van der Waals surface area contributed by atoms with Gasteiger partial charge in [0.2, 0.25) is 0 Å². The molecule has 3 rings (SSSR count). The Labute approximate surface area is 117 Å². The molecule has 1 fully saturated rings. The highest BCUT2D eigenvalue weighted by Crippen LogP contribution is 2.32. The minimum Gasteiger partial charge on any atom is -0.355 e. The Morgan fingerprint density at radius 2 is 2.11 bits per heavy atom. The zero-order valence-corrected chi connectivity index (χ0v) is 12.3. The predicted molar refractivity (Wildman–Crippen MR) is 81.0 cm³/mol. The number of aromatic nitrogens is 2. The summed E-state index contributed by atoms with van der Waals surface area (Å²) in [5.74, 6) is 2.06. The Morgan fingerprint density at radius 3 is 2.79 bits per heavy atom. The molecule has 0 unspecified atom stereocenters. The van der Waals surface area contributed by atoms with Gasteiger partial charge in [-0.15, -0.1) is 11.3 Å². The van der Waals surface area contributed by atoms with Crippen molar-refractivity contribution in [3.8, 4) is 0 Å². The van der Waals surface area contributed by atoms with E-state index in [1.807, 2.05) is 0 Å². The van der Waals surface area contributed by atoms with Crippen LogP contribution in [-0.4, -0.2) is 29.1 Å². The van der Waals surface area contributed by atoms with Gasteiger partial charge in [-0.25, -0.2) is 9.97 Å². The fourth-order valence-corrected chi connectivity index (χ4v) is 3.55. The molecule has 0 amide bonds. The van der Waals surface area contributed by atoms with E-state index in [4.69, 9.17) is 10.7 Å². The Kier molecular flexibility index (Phi) is 3.41. The fourth-order valence-electron chi connectivity index (χ4n) is 2.55. The first-order chi connectivity index (χ1) is 9.19. The van der Waals surface area contributed by atoms with E-state index < -0.39 is 0 Å². The number of hydrogen-bond acceptors (Lipinski definition) is 5. The van der Waals surface area contributed by atoms with Gasteiger partial charge in [0, 0.05) is 25.6 Å². The molecule has 4 nitrogen and oxygen atoms in total. The highest BCUT2D eigenvalue weighted by Gasteiger charge is 2.21. The highest BCUT2D eigenvalue weighted by molar-refractivity contribution is 7.18. The van der Waals surface area contributed by atoms with Crippen LogP contribution in [0.4, 0.5) is 5.82 Å². The van der Waals surface area contributed by atoms with Gasteiger partial charge in [0.25, 0.3) is 0 Å². The Balaban J connectivity index is 2.06. The summed E-state index contributed by atoms with van der Waals surface area (Å²) in [6, 6.07) is 0.351. The maximum atomic E-state index is 5.99. The summed E-state index contributed by atoms with van der Waals surface area (Å²) in [4.78, 5) is 11.8. The van der Waals surface area contributed by atoms with Gasteiger partial charge in [-0.3, -0.25) is 0 Å². The molecule has 0 saturated carbocycles. The Morgan fingerprint density at radius 1 is 1.37 bits per heavy atom. The summed E-state index contributed by atoms with van der Waals surface area (Å²) >= 11 is 1.76. The first-order valence-electron chi connectivity index (χ1n) is 6.94. The van der Waals surface area contributed by atoms with Crippen LogP contribution in [0, 0.1) is 6.92 Å². The number of rotatable bonds is 2. The minimum absolute atomic E-state index is 0.351. The van der Waals surface area contributed by atoms with Gasteiger partial charge in [-0.2, -0.15) is 0 Å². The van der Waals surface area contributed by atoms with Crippen molar-refractivity contribution in [1.29, 1.82) is 0 Å². The van der Waals surface area contributed by atoms with Crippen molar-refractivity contribution in [3.63, 3.8) is 0 Å². The lowest BCUT2D eigenvalue weighted by Gasteiger charge is -2.31. The lowest BCUT2D eigenvalue weighted by molar-refractivity contribution is 0.499. The molecule has 19 heavy (non-hydrogen) atoms. The number of piperidine rings is 1. The van der Waals surface area contributed by atoms with E-state index in [1.54, 1.807) is 11.3 Å². The van der Waals surface area contributed by atoms with Crippen LogP contribution in [0.2, 0.25) is 0 Å². The van der Waals surface area contributed by atoms with E-state index in [1.165, 1.54) is 10.3 Å². The van der Waals surface area contributed by atoms with Gasteiger partial charge in [0.15, 0.2) is 0 Å². The van der Waals surface area contributed by atoms with Gasteiger partial charge < -0.3 is 10.6 Å². The van der Waals surface area contributed by atoms with E-state index in [9.17, 15) is 0 Å². The van der Waals surface area contributed by atoms with Gasteiger partial charge in [0.05, 0.1) is 10.2 Å². The third-order valence-corrected chi connectivity index (χ3v) is 4.86. The molecule has 0 bridgehead atoms. The Bertz CT molecular complexity index is 584. The molecule has 1 saturated heterocycles. The van der Waals surface area contributed by atoms with Crippen LogP contribution in [-0.2, 0) is 6.42 Å². The fraction of sp³-hybridized carbons (Fsp3) is 0.571. The monoisotopic (exact) mass is 276 g/mol. The van der Waals surface area contributed by atoms with E-state index in [0.717, 1.165) is 49.5 Å². The quantitative estimate of drug-likeness (QED) is 0.915. The maximum absolute atomic E-state index is 5.99. The maximum Gasteiger partial charge on any atom is 0.150 e. The van der Waals surface area contributed by atoms with Crippen molar-refractivity contribution in [1.82, 2.24) is 9.97 Å². The molecule has 2 aromatic rings. The molecule has 0 radical (unpaired) electrons. The first-order valence-corrected chi connectivity index (χ1v) is 7.82. The second-order valence-corrected chi connectivity index (χ2v) is 6.12. The third-order valence-electron chi connectivity index (χ3n) is 3.78. The lowest BCUT2D eigenvalue weighted by atomic mass is 10.1. The van der Waals surface area contributed by atoms with Crippen LogP contribution in [0.5, 0.6) is 0 Å². The molecule has 3 heterocycles. The predicted octanol–water partition coefficient (Wildman–Crippen LogP) is 2.49. The summed E-state index contributed by atoms with van der Waals surface area (Å²) in [5, 5.41) is 2.18. The molecule has 2 aromatic heterocycles. The molecule has 5 heteroatoms. The van der Waals surface area contributed by atoms with Crippen molar-refractivity contribution < 1.29 is 0 Å². The summed E-state index contributed by atoms with van der Waals surface area (Å²) < 4.78 is 1.23. The summed E-state index contributed by atoms with van der Waals surface area (Å²) in [5.41, 5.74) is 8.37. The molecule has 0 spiro atoms. The number of thiophene rings is 1. The van der Waals surface area contributed by atoms with Crippen LogP contribution in [0.1, 0.15) is 31.2 Å². The van der Waals surface area contributed by atoms with Crippen molar-refractivity contribution in [2.45, 2.75) is 39.2 Å². The van der Waals surface area contributed by atoms with Crippen molar-refractivity contribution in [3.05, 3.63) is 16.8 Å². The SMILES string of the molecule is CCc1nc(N2CCC(N)CC2)c2scc(C)c2n1. The molecule has 0 atom stereocenters. The van der Waals surface area contributed by atoms with Crippen molar-refractivity contribution in [2.24, 2.45) is 5.73 Å². The smallest absolute Gasteiger partial charge is 0.150 e. The summed E-state index contributed by atoms with van der Waals surface area (Å²) in [7, 11) is 0. The van der Waals surface area contributed by atoms with Crippen LogP contribution in [0.15, 0.2) is 5.38 Å². The third kappa shape index (κ3) is 2.32. The van der Waals surface area contributed by atoms with E-state index in [2.05, 4.69) is 29.1 Å². The van der Waals surface area contributed by atoms with Gasteiger partial charge in [-0.05, 0) is 30.7 Å². The standard InChI is InChI=1S/C14H20N4S/c1-3-11-16-12-9(2)8-19-13(12)14(17-11)18-6-4-10(15)5-7-18/h8,10H,3-7,15H2,1-2H3. The Hall–Kier alpha value is -1.20. The molecule has 2 N–H and O–H groups in total. The largest absolute Gasteiger partial charge is 0.355 e. The average Bonchev–Trinajstić information content (AvgIpc) is 2.80. The number of hydrogen-bond donors (Lipinski definition) is 1. The number of nitrogens with two attached hydrogens (primary N) is 1. The van der Waals surface area contributed by atoms with E-state index >= 15 is 0 Å². The second-order valence-electron chi connectivity index (χ2n) is 5.24. The minimum atomic E-state index is 0.351. The molecular weight excluding hydrogens is 256 g/mol. The number of nitrogens with zero attached hydrogens (tertiary/aromatic N) is 3. The van der Waals surface area contributed by atoms with Crippen molar-refractivity contribution >= 4 is 27.4 Å². The number of aryl methyl sites for hydroxylation is 2. The first kappa shape index (κ1) is 12.8. The zero-order chi connectivity index (χ0) is 13.4. The molecule has 102 valence electrons. The van der Waals surface area contributed by atoms with E-state index in [0.29, 0.717) is 6.04 Å². The van der Waals surface area contributed by atoms with E-state index in [-0.39, 0.29) is 0 Å². The molecular formula is C14H20N4S. The van der Waals surface area contributed by atoms with Gasteiger partial charge in [-0.1, -0.05) is 6.92 Å². The number of anilines is 1.